The van der Waals surface area contributed by atoms with Gasteiger partial charge in [-0.3, -0.25) is 13.9 Å². The number of carbonyl (C=O) groups is 2. The Bertz CT molecular complexity index is 1600. The second-order valence-electron chi connectivity index (χ2n) is 10.6. The Labute approximate surface area is 259 Å². The zero-order chi connectivity index (χ0) is 30.8. The molecule has 4 aromatic rings. The molecule has 0 fully saturated rings. The van der Waals surface area contributed by atoms with Crippen LogP contribution in [0.5, 0.6) is 0 Å². The first-order chi connectivity index (χ1) is 20.7. The van der Waals surface area contributed by atoms with Crippen LogP contribution in [0, 0.1) is 5.92 Å². The molecule has 0 aliphatic rings. The van der Waals surface area contributed by atoms with E-state index >= 15 is 0 Å². The van der Waals surface area contributed by atoms with Crippen molar-refractivity contribution in [2.24, 2.45) is 5.92 Å². The van der Waals surface area contributed by atoms with Crippen molar-refractivity contribution in [2.45, 2.75) is 37.8 Å². The molecule has 224 valence electrons. The highest BCUT2D eigenvalue weighted by atomic mass is 35.5. The number of rotatable bonds is 13. The zero-order valence-corrected chi connectivity index (χ0v) is 25.8. The minimum Gasteiger partial charge on any atom is -0.354 e. The van der Waals surface area contributed by atoms with E-state index in [4.69, 9.17) is 11.6 Å². The number of benzene rings is 4. The molecular formula is C34H36ClN3O4S. The number of anilines is 1. The van der Waals surface area contributed by atoms with Gasteiger partial charge in [0.05, 0.1) is 10.6 Å². The Hall–Kier alpha value is -4.14. The summed E-state index contributed by atoms with van der Waals surface area (Å²) in [5.74, 6) is -0.669. The number of carbonyl (C=O) groups excluding carboxylic acids is 2. The highest BCUT2D eigenvalue weighted by Gasteiger charge is 2.34. The van der Waals surface area contributed by atoms with Crippen LogP contribution in [0.4, 0.5) is 5.69 Å². The fourth-order valence-electron chi connectivity index (χ4n) is 4.63. The number of nitrogens with zero attached hydrogens (tertiary/aromatic N) is 2. The lowest BCUT2D eigenvalue weighted by atomic mass is 10.0. The molecule has 0 radical (unpaired) electrons. The normalized spacial score (nSPS) is 12.0. The van der Waals surface area contributed by atoms with Gasteiger partial charge in [0.25, 0.3) is 10.0 Å². The summed E-state index contributed by atoms with van der Waals surface area (Å²) in [6, 6.07) is 32.1. The third-order valence-electron chi connectivity index (χ3n) is 6.91. The lowest BCUT2D eigenvalue weighted by Crippen LogP contribution is -2.53. The lowest BCUT2D eigenvalue weighted by Gasteiger charge is -2.34. The monoisotopic (exact) mass is 617 g/mol. The van der Waals surface area contributed by atoms with Crippen molar-refractivity contribution in [3.05, 3.63) is 131 Å². The van der Waals surface area contributed by atoms with Crippen LogP contribution in [0.3, 0.4) is 0 Å². The predicted molar refractivity (Wildman–Crippen MR) is 171 cm³/mol. The van der Waals surface area contributed by atoms with Crippen molar-refractivity contribution in [1.29, 1.82) is 0 Å². The van der Waals surface area contributed by atoms with Crippen LogP contribution in [0.15, 0.2) is 120 Å². The number of sulfonamides is 1. The van der Waals surface area contributed by atoms with Crippen LogP contribution in [-0.4, -0.2) is 44.3 Å². The van der Waals surface area contributed by atoms with Crippen LogP contribution >= 0.6 is 11.6 Å². The van der Waals surface area contributed by atoms with Crippen molar-refractivity contribution < 1.29 is 18.0 Å². The van der Waals surface area contributed by atoms with Crippen molar-refractivity contribution >= 4 is 39.1 Å². The molecular weight excluding hydrogens is 582 g/mol. The van der Waals surface area contributed by atoms with Crippen molar-refractivity contribution in [1.82, 2.24) is 10.2 Å². The molecule has 0 bridgehead atoms. The smallest absolute Gasteiger partial charge is 0.264 e. The van der Waals surface area contributed by atoms with Crippen molar-refractivity contribution in [3.8, 4) is 0 Å². The zero-order valence-electron chi connectivity index (χ0n) is 24.3. The highest BCUT2D eigenvalue weighted by Crippen LogP contribution is 2.26. The molecule has 0 saturated heterocycles. The Morgan fingerprint density at radius 2 is 1.35 bits per heavy atom. The van der Waals surface area contributed by atoms with Gasteiger partial charge in [-0.15, -0.1) is 0 Å². The first-order valence-corrected chi connectivity index (χ1v) is 16.0. The predicted octanol–water partition coefficient (Wildman–Crippen LogP) is 5.95. The number of hydrogen-bond acceptors (Lipinski definition) is 4. The fourth-order valence-corrected chi connectivity index (χ4v) is 6.26. The molecule has 9 heteroatoms. The molecule has 4 aromatic carbocycles. The second-order valence-corrected chi connectivity index (χ2v) is 12.9. The Morgan fingerprint density at radius 3 is 1.95 bits per heavy atom. The maximum atomic E-state index is 14.4. The molecule has 4 rings (SSSR count). The summed E-state index contributed by atoms with van der Waals surface area (Å²) in [4.78, 5) is 29.7. The van der Waals surface area contributed by atoms with Gasteiger partial charge in [-0.2, -0.15) is 0 Å². The van der Waals surface area contributed by atoms with Crippen LogP contribution in [-0.2, 0) is 32.6 Å². The summed E-state index contributed by atoms with van der Waals surface area (Å²) < 4.78 is 29.0. The van der Waals surface area contributed by atoms with E-state index in [0.29, 0.717) is 22.8 Å². The molecule has 7 nitrogen and oxygen atoms in total. The highest BCUT2D eigenvalue weighted by molar-refractivity contribution is 7.92. The number of amides is 2. The van der Waals surface area contributed by atoms with Gasteiger partial charge < -0.3 is 10.2 Å². The average Bonchev–Trinajstić information content (AvgIpc) is 3.02. The summed E-state index contributed by atoms with van der Waals surface area (Å²) in [5.41, 5.74) is 1.84. The summed E-state index contributed by atoms with van der Waals surface area (Å²) in [6.07, 6.45) is 0.234. The third kappa shape index (κ3) is 8.46. The van der Waals surface area contributed by atoms with Gasteiger partial charge >= 0.3 is 0 Å². The number of hydrogen-bond donors (Lipinski definition) is 1. The largest absolute Gasteiger partial charge is 0.354 e. The van der Waals surface area contributed by atoms with Crippen molar-refractivity contribution in [2.75, 3.05) is 17.4 Å². The van der Waals surface area contributed by atoms with Crippen molar-refractivity contribution in [3.63, 3.8) is 0 Å². The van der Waals surface area contributed by atoms with E-state index in [1.807, 2.05) is 50.2 Å². The topological polar surface area (TPSA) is 86.8 Å². The average molecular weight is 618 g/mol. The Kier molecular flexibility index (Phi) is 11.0. The first kappa shape index (κ1) is 31.8. The maximum Gasteiger partial charge on any atom is 0.264 e. The van der Waals surface area contributed by atoms with E-state index in [9.17, 15) is 18.0 Å². The molecule has 0 aliphatic carbocycles. The molecule has 0 saturated carbocycles. The van der Waals surface area contributed by atoms with E-state index in [1.54, 1.807) is 66.7 Å². The van der Waals surface area contributed by atoms with Gasteiger partial charge in [0.15, 0.2) is 0 Å². The van der Waals surface area contributed by atoms with E-state index < -0.39 is 28.5 Å². The Balaban J connectivity index is 1.78. The fraction of sp³-hybridized carbons (Fsp3) is 0.235. The SMILES string of the molecule is CC(C)CNC(=O)[C@H](Cc1ccccc1)N(Cc1ccccc1Cl)C(=O)CN(c1ccccc1)S(=O)(=O)c1ccccc1. The Morgan fingerprint density at radius 1 is 0.791 bits per heavy atom. The van der Waals surface area contributed by atoms with Crippen LogP contribution in [0.2, 0.25) is 5.02 Å². The van der Waals surface area contributed by atoms with Crippen LogP contribution < -0.4 is 9.62 Å². The maximum absolute atomic E-state index is 14.4. The van der Waals surface area contributed by atoms with Gasteiger partial charge in [0.2, 0.25) is 11.8 Å². The molecule has 0 aliphatic heterocycles. The molecule has 1 N–H and O–H groups in total. The molecule has 0 aromatic heterocycles. The van der Waals surface area contributed by atoms with Gasteiger partial charge in [0, 0.05) is 24.5 Å². The van der Waals surface area contributed by atoms with Gasteiger partial charge in [-0.1, -0.05) is 110 Å². The summed E-state index contributed by atoms with van der Waals surface area (Å²) in [6.45, 7) is 3.90. The summed E-state index contributed by atoms with van der Waals surface area (Å²) in [5, 5.41) is 3.42. The van der Waals surface area contributed by atoms with E-state index in [1.165, 1.54) is 17.0 Å². The minimum absolute atomic E-state index is 0.0130. The van der Waals surface area contributed by atoms with Crippen LogP contribution in [0.1, 0.15) is 25.0 Å². The lowest BCUT2D eigenvalue weighted by molar-refractivity contribution is -0.140. The number of nitrogens with one attached hydrogen (secondary N) is 1. The first-order valence-electron chi connectivity index (χ1n) is 14.1. The molecule has 1 atom stereocenters. The quantitative estimate of drug-likeness (QED) is 0.201. The minimum atomic E-state index is -4.13. The molecule has 43 heavy (non-hydrogen) atoms. The van der Waals surface area contributed by atoms with E-state index in [2.05, 4.69) is 5.32 Å². The molecule has 0 heterocycles. The van der Waals surface area contributed by atoms with Crippen LogP contribution in [0.25, 0.3) is 0 Å². The second kappa shape index (κ2) is 14.8. The van der Waals surface area contributed by atoms with Gasteiger partial charge in [0.1, 0.15) is 12.6 Å². The summed E-state index contributed by atoms with van der Waals surface area (Å²) in [7, 11) is -4.13. The number of para-hydroxylation sites is 1. The standard InChI is InChI=1S/C34H36ClN3O4S/c1-26(2)23-36-34(40)32(22-27-14-6-3-7-15-27)37(24-28-16-12-13-21-31(28)35)33(39)25-38(29-17-8-4-9-18-29)43(41,42)30-19-10-5-11-20-30/h3-21,26,32H,22-25H2,1-2H3,(H,36,40)/t32-/m0/s1. The van der Waals surface area contributed by atoms with E-state index in [-0.39, 0.29) is 29.7 Å². The van der Waals surface area contributed by atoms with E-state index in [0.717, 1.165) is 9.87 Å². The van der Waals surface area contributed by atoms with Gasteiger partial charge in [-0.25, -0.2) is 8.42 Å². The molecule has 2 amide bonds. The molecule has 0 spiro atoms. The third-order valence-corrected chi connectivity index (χ3v) is 9.07. The van der Waals surface area contributed by atoms with Gasteiger partial charge in [-0.05, 0) is 47.4 Å². The summed E-state index contributed by atoms with van der Waals surface area (Å²) >= 11 is 6.53. The molecule has 0 unspecified atom stereocenters. The number of halogens is 1.